The first-order valence-electron chi connectivity index (χ1n) is 11.7. The summed E-state index contributed by atoms with van der Waals surface area (Å²) < 4.78 is 0. The number of piperidine rings is 1. The molecule has 0 radical (unpaired) electrons. The predicted molar refractivity (Wildman–Crippen MR) is 139 cm³/mol. The van der Waals surface area contributed by atoms with Crippen LogP contribution in [0.15, 0.2) is 35.3 Å². The fraction of sp³-hybridized carbons (Fsp3) is 0.625. The molecule has 2 aliphatic rings. The van der Waals surface area contributed by atoms with Crippen LogP contribution in [0.3, 0.4) is 0 Å². The average Bonchev–Trinajstić information content (AvgIpc) is 3.26. The van der Waals surface area contributed by atoms with Crippen molar-refractivity contribution in [1.29, 1.82) is 0 Å². The third-order valence-electron chi connectivity index (χ3n) is 6.24. The lowest BCUT2D eigenvalue weighted by Crippen LogP contribution is -2.46. The number of amides is 2. The van der Waals surface area contributed by atoms with Gasteiger partial charge < -0.3 is 20.4 Å². The van der Waals surface area contributed by atoms with E-state index in [-0.39, 0.29) is 48.4 Å². The van der Waals surface area contributed by atoms with E-state index in [9.17, 15) is 9.59 Å². The molecule has 0 spiro atoms. The van der Waals surface area contributed by atoms with Crippen molar-refractivity contribution in [1.82, 2.24) is 20.4 Å². The number of rotatable bonds is 7. The molecule has 8 heteroatoms. The molecule has 1 aromatic rings. The second-order valence-electron chi connectivity index (χ2n) is 8.53. The van der Waals surface area contributed by atoms with Crippen LogP contribution in [0.1, 0.15) is 45.1 Å². The van der Waals surface area contributed by atoms with Crippen LogP contribution in [0.25, 0.3) is 0 Å². The number of nitrogens with one attached hydrogen (secondary N) is 2. The molecular weight excluding hydrogens is 517 g/mol. The molecule has 1 aromatic carbocycles. The van der Waals surface area contributed by atoms with Gasteiger partial charge in [0, 0.05) is 45.2 Å². The second kappa shape index (κ2) is 13.6. The van der Waals surface area contributed by atoms with E-state index in [1.165, 1.54) is 5.56 Å². The summed E-state index contributed by atoms with van der Waals surface area (Å²) in [5.41, 5.74) is 1.38. The molecule has 32 heavy (non-hydrogen) atoms. The standard InChI is InChI=1S/C24H37N5O2.HI/c1-3-22(30)29-15-12-21(18-29)27-24(25-4-2)26-17-23(31)28-13-10-20(11-14-28)16-19-8-6-5-7-9-19;/h5-9,20-21H,3-4,10-18H2,1-2H3,(H2,25,26,27);1H. The van der Waals surface area contributed by atoms with Gasteiger partial charge in [-0.25, -0.2) is 4.99 Å². The Morgan fingerprint density at radius 2 is 1.69 bits per heavy atom. The molecule has 3 rings (SSSR count). The fourth-order valence-electron chi connectivity index (χ4n) is 4.42. The topological polar surface area (TPSA) is 77.0 Å². The molecule has 178 valence electrons. The van der Waals surface area contributed by atoms with E-state index < -0.39 is 0 Å². The minimum Gasteiger partial charge on any atom is -0.357 e. The summed E-state index contributed by atoms with van der Waals surface area (Å²) in [6, 6.07) is 10.8. The van der Waals surface area contributed by atoms with Crippen molar-refractivity contribution in [3.63, 3.8) is 0 Å². The Balaban J connectivity index is 0.00000363. The first-order valence-corrected chi connectivity index (χ1v) is 11.7. The highest BCUT2D eigenvalue weighted by Gasteiger charge is 2.26. The van der Waals surface area contributed by atoms with Gasteiger partial charge in [-0.3, -0.25) is 9.59 Å². The Hall–Kier alpha value is -1.84. The number of guanidine groups is 1. The fourth-order valence-corrected chi connectivity index (χ4v) is 4.42. The number of hydrogen-bond donors (Lipinski definition) is 2. The summed E-state index contributed by atoms with van der Waals surface area (Å²) in [6.45, 7) is 7.89. The van der Waals surface area contributed by atoms with Crippen LogP contribution in [0, 0.1) is 5.92 Å². The van der Waals surface area contributed by atoms with Crippen molar-refractivity contribution in [3.8, 4) is 0 Å². The molecule has 1 atom stereocenters. The highest BCUT2D eigenvalue weighted by atomic mass is 127. The molecular formula is C24H38IN5O2. The number of hydrogen-bond acceptors (Lipinski definition) is 3. The summed E-state index contributed by atoms with van der Waals surface area (Å²) in [4.78, 5) is 33.0. The van der Waals surface area contributed by atoms with E-state index >= 15 is 0 Å². The van der Waals surface area contributed by atoms with Gasteiger partial charge in [-0.15, -0.1) is 24.0 Å². The maximum atomic E-state index is 12.7. The monoisotopic (exact) mass is 555 g/mol. The SMILES string of the molecule is CCNC(=NCC(=O)N1CCC(Cc2ccccc2)CC1)NC1CCN(C(=O)CC)C1.I. The van der Waals surface area contributed by atoms with E-state index in [0.717, 1.165) is 51.9 Å². The molecule has 0 aromatic heterocycles. The number of halogens is 1. The van der Waals surface area contributed by atoms with E-state index in [0.29, 0.717) is 24.8 Å². The summed E-state index contributed by atoms with van der Waals surface area (Å²) in [5, 5.41) is 6.62. The molecule has 0 saturated carbocycles. The number of benzene rings is 1. The van der Waals surface area contributed by atoms with Crippen LogP contribution in [0.4, 0.5) is 0 Å². The Morgan fingerprint density at radius 3 is 2.34 bits per heavy atom. The van der Waals surface area contributed by atoms with Gasteiger partial charge in [0.2, 0.25) is 11.8 Å². The van der Waals surface area contributed by atoms with Gasteiger partial charge in [-0.1, -0.05) is 37.3 Å². The molecule has 2 N–H and O–H groups in total. The number of carbonyl (C=O) groups is 2. The van der Waals surface area contributed by atoms with E-state index in [1.54, 1.807) is 0 Å². The summed E-state index contributed by atoms with van der Waals surface area (Å²) in [5.74, 6) is 1.58. The van der Waals surface area contributed by atoms with Crippen LogP contribution in [0.5, 0.6) is 0 Å². The average molecular weight is 556 g/mol. The van der Waals surface area contributed by atoms with Crippen LogP contribution in [-0.2, 0) is 16.0 Å². The predicted octanol–water partition coefficient (Wildman–Crippen LogP) is 2.65. The third-order valence-corrected chi connectivity index (χ3v) is 6.24. The van der Waals surface area contributed by atoms with E-state index in [4.69, 9.17) is 0 Å². The molecule has 2 heterocycles. The number of likely N-dealkylation sites (tertiary alicyclic amines) is 2. The highest BCUT2D eigenvalue weighted by Crippen LogP contribution is 2.21. The molecule has 2 amide bonds. The first kappa shape index (κ1) is 26.4. The Kier molecular flexibility index (Phi) is 11.3. The highest BCUT2D eigenvalue weighted by molar-refractivity contribution is 14.0. The van der Waals surface area contributed by atoms with Gasteiger partial charge in [0.1, 0.15) is 6.54 Å². The van der Waals surface area contributed by atoms with Crippen LogP contribution >= 0.6 is 24.0 Å². The summed E-state index contributed by atoms with van der Waals surface area (Å²) >= 11 is 0. The van der Waals surface area contributed by atoms with Crippen LogP contribution in [0.2, 0.25) is 0 Å². The quantitative estimate of drug-likeness (QED) is 0.308. The van der Waals surface area contributed by atoms with Crippen molar-refractivity contribution in [2.45, 2.75) is 52.0 Å². The maximum Gasteiger partial charge on any atom is 0.244 e. The molecule has 0 bridgehead atoms. The van der Waals surface area contributed by atoms with Crippen molar-refractivity contribution < 1.29 is 9.59 Å². The van der Waals surface area contributed by atoms with Crippen molar-refractivity contribution in [2.24, 2.45) is 10.9 Å². The number of nitrogens with zero attached hydrogens (tertiary/aromatic N) is 3. The first-order chi connectivity index (χ1) is 15.1. The van der Waals surface area contributed by atoms with E-state index in [1.807, 2.05) is 23.6 Å². The lowest BCUT2D eigenvalue weighted by Gasteiger charge is -2.32. The lowest BCUT2D eigenvalue weighted by atomic mass is 9.90. The molecule has 7 nitrogen and oxygen atoms in total. The normalized spacial score (nSPS) is 19.4. The van der Waals surface area contributed by atoms with Crippen LogP contribution < -0.4 is 10.6 Å². The summed E-state index contributed by atoms with van der Waals surface area (Å²) in [6.07, 6.45) is 4.63. The van der Waals surface area contributed by atoms with Gasteiger partial charge in [0.15, 0.2) is 5.96 Å². The van der Waals surface area contributed by atoms with Crippen molar-refractivity contribution in [3.05, 3.63) is 35.9 Å². The second-order valence-corrected chi connectivity index (χ2v) is 8.53. The lowest BCUT2D eigenvalue weighted by molar-refractivity contribution is -0.131. The summed E-state index contributed by atoms with van der Waals surface area (Å²) in [7, 11) is 0. The van der Waals surface area contributed by atoms with Gasteiger partial charge in [0.05, 0.1) is 0 Å². The van der Waals surface area contributed by atoms with Crippen molar-refractivity contribution >= 4 is 41.8 Å². The molecule has 1 unspecified atom stereocenters. The minimum atomic E-state index is 0. The molecule has 2 aliphatic heterocycles. The maximum absolute atomic E-state index is 12.7. The zero-order valence-electron chi connectivity index (χ0n) is 19.4. The molecule has 0 aliphatic carbocycles. The molecule has 2 saturated heterocycles. The van der Waals surface area contributed by atoms with Gasteiger partial charge >= 0.3 is 0 Å². The largest absolute Gasteiger partial charge is 0.357 e. The van der Waals surface area contributed by atoms with Gasteiger partial charge in [-0.2, -0.15) is 0 Å². The van der Waals surface area contributed by atoms with Crippen LogP contribution in [-0.4, -0.2) is 72.9 Å². The smallest absolute Gasteiger partial charge is 0.244 e. The zero-order chi connectivity index (χ0) is 22.1. The minimum absolute atomic E-state index is 0. The Bertz CT molecular complexity index is 750. The number of aliphatic imine (C=N–C) groups is 1. The third kappa shape index (κ3) is 7.94. The van der Waals surface area contributed by atoms with Crippen molar-refractivity contribution in [2.75, 3.05) is 39.3 Å². The zero-order valence-corrected chi connectivity index (χ0v) is 21.7. The van der Waals surface area contributed by atoms with Gasteiger partial charge in [-0.05, 0) is 44.1 Å². The Labute approximate surface area is 209 Å². The van der Waals surface area contributed by atoms with E-state index in [2.05, 4.69) is 46.0 Å². The molecule has 2 fully saturated rings. The Morgan fingerprint density at radius 1 is 1.00 bits per heavy atom. The number of carbonyl (C=O) groups excluding carboxylic acids is 2. The van der Waals surface area contributed by atoms with Gasteiger partial charge in [0.25, 0.3) is 0 Å².